The Kier molecular flexibility index (Phi) is 5.68. The Morgan fingerprint density at radius 2 is 1.52 bits per heavy atom. The molecule has 0 radical (unpaired) electrons. The maximum Gasteiger partial charge on any atom is 0.341 e. The van der Waals surface area contributed by atoms with Gasteiger partial charge in [0.1, 0.15) is 0 Å². The van der Waals surface area contributed by atoms with Crippen LogP contribution >= 0.6 is 0 Å². The van der Waals surface area contributed by atoms with E-state index in [1.807, 2.05) is 24.3 Å². The van der Waals surface area contributed by atoms with Crippen molar-refractivity contribution < 1.29 is 22.3 Å². The van der Waals surface area contributed by atoms with Gasteiger partial charge in [0.05, 0.1) is 11.5 Å². The van der Waals surface area contributed by atoms with Crippen LogP contribution < -0.4 is 5.32 Å². The second kappa shape index (κ2) is 7.52. The second-order valence-corrected chi connectivity index (χ2v) is 6.90. The molecule has 4 nitrogen and oxygen atoms in total. The van der Waals surface area contributed by atoms with Gasteiger partial charge in [-0.25, -0.2) is 8.42 Å². The second-order valence-electron chi connectivity index (χ2n) is 4.98. The summed E-state index contributed by atoms with van der Waals surface area (Å²) in [6.07, 6.45) is 0.739. The van der Waals surface area contributed by atoms with Crippen LogP contribution in [0.3, 0.4) is 0 Å². The standard InChI is InChI=1S/C16H17F2NO3S/c17-16(18)23(21,22)15-7-5-14(6-8-15)19-10-9-12-1-3-13(11-20)4-2-12/h1-8,16,19-20H,9-11H2. The number of benzene rings is 2. The highest BCUT2D eigenvalue weighted by Crippen LogP contribution is 2.20. The Hall–Kier alpha value is -1.99. The summed E-state index contributed by atoms with van der Waals surface area (Å²) in [5.74, 6) is -3.41. The average molecular weight is 341 g/mol. The van der Waals surface area contributed by atoms with Crippen molar-refractivity contribution in [1.29, 1.82) is 0 Å². The lowest BCUT2D eigenvalue weighted by atomic mass is 10.1. The normalized spacial score (nSPS) is 11.7. The molecule has 7 heteroatoms. The monoisotopic (exact) mass is 341 g/mol. The molecule has 0 spiro atoms. The number of sulfone groups is 1. The van der Waals surface area contributed by atoms with Crippen LogP contribution in [0.25, 0.3) is 0 Å². The van der Waals surface area contributed by atoms with Crippen molar-refractivity contribution in [3.8, 4) is 0 Å². The molecule has 0 aliphatic carbocycles. The quantitative estimate of drug-likeness (QED) is 0.813. The number of aliphatic hydroxyl groups is 1. The van der Waals surface area contributed by atoms with Gasteiger partial charge in [0.2, 0.25) is 9.84 Å². The van der Waals surface area contributed by atoms with Gasteiger partial charge in [-0.3, -0.25) is 0 Å². The summed E-state index contributed by atoms with van der Waals surface area (Å²) in [4.78, 5) is -0.391. The molecule has 0 atom stereocenters. The van der Waals surface area contributed by atoms with E-state index < -0.39 is 20.5 Å². The molecule has 2 aromatic carbocycles. The van der Waals surface area contributed by atoms with Gasteiger partial charge in [0.25, 0.3) is 0 Å². The predicted octanol–water partition coefficient (Wildman–Crippen LogP) is 2.83. The zero-order chi connectivity index (χ0) is 16.9. The minimum atomic E-state index is -4.55. The molecule has 0 heterocycles. The first-order chi connectivity index (χ1) is 10.9. The van der Waals surface area contributed by atoms with E-state index in [2.05, 4.69) is 5.32 Å². The van der Waals surface area contributed by atoms with Gasteiger partial charge >= 0.3 is 5.76 Å². The third-order valence-electron chi connectivity index (χ3n) is 3.37. The number of rotatable bonds is 7. The first-order valence-corrected chi connectivity index (χ1v) is 8.53. The Labute approximate surface area is 133 Å². The summed E-state index contributed by atoms with van der Waals surface area (Å²) >= 11 is 0. The molecule has 0 saturated carbocycles. The fourth-order valence-corrected chi connectivity index (χ4v) is 2.75. The van der Waals surface area contributed by atoms with Crippen LogP contribution in [0.4, 0.5) is 14.5 Å². The van der Waals surface area contributed by atoms with Crippen LogP contribution in [0, 0.1) is 0 Å². The Balaban J connectivity index is 1.91. The molecule has 2 N–H and O–H groups in total. The Bertz CT molecular complexity index is 729. The summed E-state index contributed by atoms with van der Waals surface area (Å²) in [6, 6.07) is 12.8. The molecular weight excluding hydrogens is 324 g/mol. The van der Waals surface area contributed by atoms with Gasteiger partial charge in [-0.05, 0) is 41.8 Å². The van der Waals surface area contributed by atoms with Gasteiger partial charge in [0, 0.05) is 12.2 Å². The molecule has 124 valence electrons. The minimum Gasteiger partial charge on any atom is -0.392 e. The van der Waals surface area contributed by atoms with Crippen molar-refractivity contribution >= 4 is 15.5 Å². The van der Waals surface area contributed by atoms with E-state index in [-0.39, 0.29) is 6.61 Å². The first-order valence-electron chi connectivity index (χ1n) is 6.98. The zero-order valence-corrected chi connectivity index (χ0v) is 13.1. The largest absolute Gasteiger partial charge is 0.392 e. The lowest BCUT2D eigenvalue weighted by Crippen LogP contribution is -2.11. The number of alkyl halides is 2. The lowest BCUT2D eigenvalue weighted by molar-refractivity contribution is 0.234. The van der Waals surface area contributed by atoms with E-state index in [0.29, 0.717) is 12.2 Å². The van der Waals surface area contributed by atoms with Crippen molar-refractivity contribution in [3.63, 3.8) is 0 Å². The van der Waals surface area contributed by atoms with Gasteiger partial charge in [-0.1, -0.05) is 24.3 Å². The first kappa shape index (κ1) is 17.4. The number of nitrogens with one attached hydrogen (secondary N) is 1. The van der Waals surface area contributed by atoms with E-state index in [1.54, 1.807) is 0 Å². The number of hydrogen-bond acceptors (Lipinski definition) is 4. The topological polar surface area (TPSA) is 66.4 Å². The van der Waals surface area contributed by atoms with Crippen molar-refractivity contribution in [1.82, 2.24) is 0 Å². The lowest BCUT2D eigenvalue weighted by Gasteiger charge is -2.08. The highest BCUT2D eigenvalue weighted by atomic mass is 32.2. The molecule has 0 unspecified atom stereocenters. The van der Waals surface area contributed by atoms with E-state index in [0.717, 1.165) is 17.5 Å². The molecule has 0 bridgehead atoms. The van der Waals surface area contributed by atoms with Crippen molar-refractivity contribution in [2.75, 3.05) is 11.9 Å². The SMILES string of the molecule is O=S(=O)(c1ccc(NCCc2ccc(CO)cc2)cc1)C(F)F. The van der Waals surface area contributed by atoms with Crippen LogP contribution in [0.2, 0.25) is 0 Å². The number of anilines is 1. The van der Waals surface area contributed by atoms with Gasteiger partial charge < -0.3 is 10.4 Å². The van der Waals surface area contributed by atoms with Crippen LogP contribution in [0.15, 0.2) is 53.4 Å². The molecule has 23 heavy (non-hydrogen) atoms. The Morgan fingerprint density at radius 3 is 2.04 bits per heavy atom. The maximum absolute atomic E-state index is 12.4. The van der Waals surface area contributed by atoms with Crippen molar-refractivity contribution in [2.24, 2.45) is 0 Å². The van der Waals surface area contributed by atoms with Crippen molar-refractivity contribution in [2.45, 2.75) is 23.7 Å². The van der Waals surface area contributed by atoms with Crippen LogP contribution in [-0.2, 0) is 22.9 Å². The number of aliphatic hydroxyl groups excluding tert-OH is 1. The third-order valence-corrected chi connectivity index (χ3v) is 4.76. The fourth-order valence-electron chi connectivity index (χ4n) is 2.03. The van der Waals surface area contributed by atoms with Crippen molar-refractivity contribution in [3.05, 3.63) is 59.7 Å². The average Bonchev–Trinajstić information content (AvgIpc) is 2.56. The molecule has 2 rings (SSSR count). The fraction of sp³-hybridized carbons (Fsp3) is 0.250. The highest BCUT2D eigenvalue weighted by molar-refractivity contribution is 7.91. The minimum absolute atomic E-state index is 0.00635. The van der Waals surface area contributed by atoms with E-state index in [4.69, 9.17) is 5.11 Å². The van der Waals surface area contributed by atoms with E-state index >= 15 is 0 Å². The summed E-state index contributed by atoms with van der Waals surface area (Å²) in [5, 5.41) is 12.1. The van der Waals surface area contributed by atoms with E-state index in [1.165, 1.54) is 24.3 Å². The molecule has 0 fully saturated rings. The van der Waals surface area contributed by atoms with E-state index in [9.17, 15) is 17.2 Å². The van der Waals surface area contributed by atoms with Crippen LogP contribution in [-0.4, -0.2) is 25.8 Å². The molecule has 0 aliphatic rings. The molecule has 0 amide bonds. The number of hydrogen-bond donors (Lipinski definition) is 2. The predicted molar refractivity (Wildman–Crippen MR) is 84.2 cm³/mol. The Morgan fingerprint density at radius 1 is 0.957 bits per heavy atom. The molecule has 0 aliphatic heterocycles. The van der Waals surface area contributed by atoms with Gasteiger partial charge in [-0.2, -0.15) is 8.78 Å². The summed E-state index contributed by atoms with van der Waals surface area (Å²) in [7, 11) is -4.55. The molecule has 2 aromatic rings. The highest BCUT2D eigenvalue weighted by Gasteiger charge is 2.26. The number of halogens is 2. The maximum atomic E-state index is 12.4. The molecule has 0 aromatic heterocycles. The zero-order valence-electron chi connectivity index (χ0n) is 12.2. The third kappa shape index (κ3) is 4.49. The van der Waals surface area contributed by atoms with Crippen LogP contribution in [0.5, 0.6) is 0 Å². The van der Waals surface area contributed by atoms with Crippen LogP contribution in [0.1, 0.15) is 11.1 Å². The smallest absolute Gasteiger partial charge is 0.341 e. The summed E-state index contributed by atoms with van der Waals surface area (Å²) in [5.41, 5.74) is 2.59. The summed E-state index contributed by atoms with van der Waals surface area (Å²) < 4.78 is 47.5. The van der Waals surface area contributed by atoms with Gasteiger partial charge in [0.15, 0.2) is 0 Å². The summed E-state index contributed by atoms with van der Waals surface area (Å²) in [6.45, 7) is 0.617. The molecule has 0 saturated heterocycles. The molecular formula is C16H17F2NO3S. The van der Waals surface area contributed by atoms with Gasteiger partial charge in [-0.15, -0.1) is 0 Å².